The van der Waals surface area contributed by atoms with Gasteiger partial charge < -0.3 is 19.2 Å². The van der Waals surface area contributed by atoms with Gasteiger partial charge in [0.1, 0.15) is 17.4 Å². The van der Waals surface area contributed by atoms with E-state index >= 15 is 0 Å². The molecule has 3 aromatic heterocycles. The fraction of sp³-hybridized carbons (Fsp3) is 0.478. The second-order valence-corrected chi connectivity index (χ2v) is 8.76. The van der Waals surface area contributed by atoms with E-state index in [-0.39, 0.29) is 42.0 Å². The normalized spacial score (nSPS) is 19.8. The van der Waals surface area contributed by atoms with Crippen molar-refractivity contribution in [2.24, 2.45) is 0 Å². The highest BCUT2D eigenvalue weighted by molar-refractivity contribution is 5.96. The summed E-state index contributed by atoms with van der Waals surface area (Å²) < 4.78 is 61.0. The molecule has 1 amide bonds. The molecule has 12 heteroatoms. The first kappa shape index (κ1) is 23.5. The largest absolute Gasteiger partial charge is 0.455 e. The fourth-order valence-electron chi connectivity index (χ4n) is 4.39. The van der Waals surface area contributed by atoms with Gasteiger partial charge in [0.2, 0.25) is 5.76 Å². The molecule has 0 radical (unpaired) electrons. The van der Waals surface area contributed by atoms with Crippen LogP contribution < -0.4 is 5.32 Å². The minimum atomic E-state index is -4.82. The first-order valence-corrected chi connectivity index (χ1v) is 11.3. The van der Waals surface area contributed by atoms with Crippen LogP contribution in [0.4, 0.5) is 13.2 Å². The number of carbonyl (C=O) groups excluding carboxylic acids is 1. The maximum absolute atomic E-state index is 14.3. The highest BCUT2D eigenvalue weighted by atomic mass is 19.4. The van der Waals surface area contributed by atoms with Crippen molar-refractivity contribution in [3.05, 3.63) is 52.6 Å². The lowest BCUT2D eigenvalue weighted by Crippen LogP contribution is -2.32. The summed E-state index contributed by atoms with van der Waals surface area (Å²) in [5, 5.41) is 6.92. The van der Waals surface area contributed by atoms with Crippen molar-refractivity contribution in [3.8, 4) is 11.3 Å². The Bertz CT molecular complexity index is 1230. The maximum atomic E-state index is 14.3. The number of carbonyl (C=O) groups is 1. The summed E-state index contributed by atoms with van der Waals surface area (Å²) in [5.74, 6) is -1.79. The number of hydrogen-bond acceptors (Lipinski definition) is 7. The number of ether oxygens (including phenoxy) is 2. The summed E-state index contributed by atoms with van der Waals surface area (Å²) in [6.45, 7) is 5.26. The number of fused-ring (bicyclic) bond motifs is 3. The van der Waals surface area contributed by atoms with Gasteiger partial charge in [0, 0.05) is 24.4 Å². The minimum Gasteiger partial charge on any atom is -0.455 e. The van der Waals surface area contributed by atoms with Crippen LogP contribution in [0.3, 0.4) is 0 Å². The van der Waals surface area contributed by atoms with E-state index in [1.54, 1.807) is 17.8 Å². The number of rotatable bonds is 5. The molecule has 1 aliphatic carbocycles. The molecule has 0 spiro atoms. The first-order chi connectivity index (χ1) is 16.7. The van der Waals surface area contributed by atoms with Gasteiger partial charge in [0.05, 0.1) is 61.8 Å². The number of halogens is 3. The molecule has 0 unspecified atom stereocenters. The van der Waals surface area contributed by atoms with E-state index in [0.29, 0.717) is 43.3 Å². The van der Waals surface area contributed by atoms with E-state index in [2.05, 4.69) is 20.4 Å². The molecule has 9 nitrogen and oxygen atoms in total. The average Bonchev–Trinajstić information content (AvgIpc) is 3.41. The van der Waals surface area contributed by atoms with E-state index in [0.717, 1.165) is 0 Å². The number of amides is 1. The Balaban J connectivity index is 1.47. The van der Waals surface area contributed by atoms with Gasteiger partial charge in [-0.2, -0.15) is 18.3 Å². The highest BCUT2D eigenvalue weighted by Crippen LogP contribution is 2.48. The lowest BCUT2D eigenvalue weighted by atomic mass is 9.86. The van der Waals surface area contributed by atoms with Crippen LogP contribution in [0.2, 0.25) is 0 Å². The van der Waals surface area contributed by atoms with Crippen LogP contribution in [0.25, 0.3) is 11.3 Å². The third kappa shape index (κ3) is 4.67. The topological polar surface area (TPSA) is 104 Å². The molecule has 2 aliphatic rings. The Labute approximate surface area is 198 Å². The molecule has 1 fully saturated rings. The van der Waals surface area contributed by atoms with Gasteiger partial charge in [-0.3, -0.25) is 19.4 Å². The second kappa shape index (κ2) is 9.08. The zero-order valence-corrected chi connectivity index (χ0v) is 19.2. The number of furan rings is 1. The molecule has 0 saturated carbocycles. The van der Waals surface area contributed by atoms with E-state index < -0.39 is 23.4 Å². The van der Waals surface area contributed by atoms with Crippen LogP contribution in [0, 0.1) is 6.92 Å². The Morgan fingerprint density at radius 2 is 2.09 bits per heavy atom. The van der Waals surface area contributed by atoms with Crippen LogP contribution in [0.1, 0.15) is 51.7 Å². The van der Waals surface area contributed by atoms with E-state index in [1.807, 2.05) is 6.92 Å². The van der Waals surface area contributed by atoms with Crippen LogP contribution in [0.5, 0.6) is 0 Å². The molecule has 0 aromatic carbocycles. The zero-order valence-electron chi connectivity index (χ0n) is 19.2. The Morgan fingerprint density at radius 1 is 1.26 bits per heavy atom. The molecular formula is C23H24F3N5O4. The second-order valence-electron chi connectivity index (χ2n) is 8.76. The highest BCUT2D eigenvalue weighted by Gasteiger charge is 2.46. The van der Waals surface area contributed by atoms with Gasteiger partial charge in [-0.05, 0) is 12.8 Å². The molecular weight excluding hydrogens is 467 g/mol. The number of nitrogens with zero attached hydrogens (tertiary/aromatic N) is 4. The van der Waals surface area contributed by atoms with Crippen molar-refractivity contribution < 1.29 is 31.9 Å². The molecule has 186 valence electrons. The van der Waals surface area contributed by atoms with Gasteiger partial charge in [-0.1, -0.05) is 6.92 Å². The quantitative estimate of drug-likeness (QED) is 0.584. The number of aromatic nitrogens is 4. The smallest absolute Gasteiger partial charge is 0.420 e. The van der Waals surface area contributed by atoms with Crippen molar-refractivity contribution in [3.63, 3.8) is 0 Å². The van der Waals surface area contributed by atoms with Gasteiger partial charge >= 0.3 is 6.18 Å². The molecule has 4 heterocycles. The van der Waals surface area contributed by atoms with E-state index in [4.69, 9.17) is 13.9 Å². The third-order valence-corrected chi connectivity index (χ3v) is 6.06. The van der Waals surface area contributed by atoms with Crippen molar-refractivity contribution in [2.75, 3.05) is 19.8 Å². The van der Waals surface area contributed by atoms with Crippen molar-refractivity contribution in [1.82, 2.24) is 25.1 Å². The molecule has 3 aromatic rings. The summed E-state index contributed by atoms with van der Waals surface area (Å²) in [6, 6.07) is 0. The monoisotopic (exact) mass is 491 g/mol. The molecule has 0 bridgehead atoms. The zero-order chi connectivity index (χ0) is 24.7. The third-order valence-electron chi connectivity index (χ3n) is 6.06. The van der Waals surface area contributed by atoms with Crippen molar-refractivity contribution in [1.29, 1.82) is 0 Å². The fourth-order valence-corrected chi connectivity index (χ4v) is 4.39. The molecule has 35 heavy (non-hydrogen) atoms. The van der Waals surface area contributed by atoms with Gasteiger partial charge in [-0.25, -0.2) is 0 Å². The number of alkyl halides is 3. The maximum Gasteiger partial charge on any atom is 0.420 e. The number of aryl methyl sites for hydroxylation is 1. The molecule has 1 N–H and O–H groups in total. The summed E-state index contributed by atoms with van der Waals surface area (Å²) >= 11 is 0. The van der Waals surface area contributed by atoms with Gasteiger partial charge in [-0.15, -0.1) is 0 Å². The minimum absolute atomic E-state index is 0.0888. The summed E-state index contributed by atoms with van der Waals surface area (Å²) in [4.78, 5) is 21.0. The summed E-state index contributed by atoms with van der Waals surface area (Å²) in [7, 11) is 0. The van der Waals surface area contributed by atoms with Crippen LogP contribution in [-0.4, -0.2) is 51.6 Å². The molecule has 5 rings (SSSR count). The lowest BCUT2D eigenvalue weighted by molar-refractivity contribution is -0.137. The van der Waals surface area contributed by atoms with Crippen molar-refractivity contribution >= 4 is 5.91 Å². The first-order valence-electron chi connectivity index (χ1n) is 11.3. The van der Waals surface area contributed by atoms with Crippen LogP contribution in [0.15, 0.2) is 23.0 Å². The van der Waals surface area contributed by atoms with Crippen LogP contribution in [-0.2, 0) is 35.2 Å². The lowest BCUT2D eigenvalue weighted by Gasteiger charge is -2.22. The summed E-state index contributed by atoms with van der Waals surface area (Å²) in [5.41, 5.74) is 0.654. The number of hydrogen-bond donors (Lipinski definition) is 1. The predicted molar refractivity (Wildman–Crippen MR) is 116 cm³/mol. The molecule has 1 aliphatic heterocycles. The van der Waals surface area contributed by atoms with E-state index in [9.17, 15) is 18.0 Å². The molecule has 1 saturated heterocycles. The van der Waals surface area contributed by atoms with Gasteiger partial charge in [0.15, 0.2) is 0 Å². The van der Waals surface area contributed by atoms with Gasteiger partial charge in [0.25, 0.3) is 5.91 Å². The average molecular weight is 491 g/mol. The summed E-state index contributed by atoms with van der Waals surface area (Å²) in [6.07, 6.45) is -0.138. The predicted octanol–water partition coefficient (Wildman–Crippen LogP) is 3.27. The Kier molecular flexibility index (Phi) is 6.09. The van der Waals surface area contributed by atoms with Crippen molar-refractivity contribution in [2.45, 2.75) is 51.6 Å². The standard InChI is InChI=1S/C23H24F3N5O4/c1-12-5-17-18(20-16(12)10-31(30-20)9-15-11-33-3-4-34-15)19(23(24,25)26)21(35-17)22(32)29-8-14-7-27-13(2)6-28-14/h6-7,10,12,15H,3-5,8-9,11H2,1-2H3,(H,29,32)/t12-,15+/m1/s1. The van der Waals surface area contributed by atoms with Crippen LogP contribution >= 0.6 is 0 Å². The SMILES string of the molecule is Cc1cnc(CNC(=O)c2oc3c(c2C(F)(F)F)-c2nn(C[C@H]4COCCO4)cc2[C@H](C)C3)cn1. The molecule has 2 atom stereocenters. The number of nitrogens with one attached hydrogen (secondary N) is 1. The Morgan fingerprint density at radius 3 is 2.77 bits per heavy atom. The Hall–Kier alpha value is -3.25. The van der Waals surface area contributed by atoms with E-state index in [1.165, 1.54) is 12.4 Å².